The van der Waals surface area contributed by atoms with Crippen LogP contribution in [0, 0.1) is 0 Å². The van der Waals surface area contributed by atoms with E-state index in [1.807, 2.05) is 60.7 Å². The van der Waals surface area contributed by atoms with E-state index in [4.69, 9.17) is 21.1 Å². The highest BCUT2D eigenvalue weighted by Gasteiger charge is 2.07. The number of anilines is 1. The van der Waals surface area contributed by atoms with Crippen LogP contribution in [0.2, 0.25) is 5.02 Å². The molecule has 0 fully saturated rings. The number of hydrogen-bond acceptors (Lipinski definition) is 5. The average molecular weight is 368 g/mol. The Labute approximate surface area is 157 Å². The van der Waals surface area contributed by atoms with Gasteiger partial charge in [0.1, 0.15) is 12.4 Å². The Morgan fingerprint density at radius 1 is 1.08 bits per heavy atom. The standard InChI is InChI=1S/C20H18ClN3O2/c1-25-19-12-15(13-23-24-20-8-4-5-11-22-20)9-10-18(19)26-14-16-6-2-3-7-17(16)21/h2-13H,14H2,1H3,(H,22,24)/b23-13+. The minimum atomic E-state index is 0.366. The molecule has 5 nitrogen and oxygen atoms in total. The molecule has 0 bridgehead atoms. The summed E-state index contributed by atoms with van der Waals surface area (Å²) < 4.78 is 11.3. The van der Waals surface area contributed by atoms with E-state index in [2.05, 4.69) is 15.5 Å². The first-order valence-electron chi connectivity index (χ1n) is 8.00. The van der Waals surface area contributed by atoms with Crippen LogP contribution in [0.3, 0.4) is 0 Å². The molecule has 3 aromatic rings. The molecule has 0 saturated carbocycles. The van der Waals surface area contributed by atoms with Crippen LogP contribution in [0.4, 0.5) is 5.82 Å². The molecule has 0 aliphatic carbocycles. The maximum absolute atomic E-state index is 6.16. The van der Waals surface area contributed by atoms with E-state index >= 15 is 0 Å². The van der Waals surface area contributed by atoms with Crippen molar-refractivity contribution in [3.05, 3.63) is 83.0 Å². The van der Waals surface area contributed by atoms with Gasteiger partial charge in [0, 0.05) is 16.8 Å². The Kier molecular flexibility index (Phi) is 6.06. The van der Waals surface area contributed by atoms with Gasteiger partial charge in [-0.1, -0.05) is 35.9 Å². The SMILES string of the molecule is COc1cc(/C=N/Nc2ccccn2)ccc1OCc1ccccc1Cl. The summed E-state index contributed by atoms with van der Waals surface area (Å²) in [6.07, 6.45) is 3.39. The lowest BCUT2D eigenvalue weighted by Gasteiger charge is -2.12. The number of aromatic nitrogens is 1. The molecule has 0 radical (unpaired) electrons. The largest absolute Gasteiger partial charge is 0.493 e. The van der Waals surface area contributed by atoms with Crippen molar-refractivity contribution >= 4 is 23.6 Å². The smallest absolute Gasteiger partial charge is 0.161 e. The Balaban J connectivity index is 1.66. The number of halogens is 1. The molecule has 26 heavy (non-hydrogen) atoms. The van der Waals surface area contributed by atoms with Crippen molar-refractivity contribution in [2.75, 3.05) is 12.5 Å². The second-order valence-corrected chi connectivity index (χ2v) is 5.78. The summed E-state index contributed by atoms with van der Waals surface area (Å²) in [6, 6.07) is 18.8. The van der Waals surface area contributed by atoms with Gasteiger partial charge in [0.05, 0.1) is 13.3 Å². The summed E-state index contributed by atoms with van der Waals surface area (Å²) in [4.78, 5) is 4.14. The summed E-state index contributed by atoms with van der Waals surface area (Å²) in [7, 11) is 1.60. The number of hydrazone groups is 1. The first kappa shape index (κ1) is 17.8. The fourth-order valence-corrected chi connectivity index (χ4v) is 2.45. The Bertz CT molecular complexity index is 885. The fraction of sp³-hybridized carbons (Fsp3) is 0.100. The van der Waals surface area contributed by atoms with Crippen molar-refractivity contribution in [1.29, 1.82) is 0 Å². The van der Waals surface area contributed by atoms with Crippen LogP contribution in [0.15, 0.2) is 72.0 Å². The maximum atomic E-state index is 6.16. The third kappa shape index (κ3) is 4.74. The molecule has 0 aliphatic heterocycles. The number of methoxy groups -OCH3 is 1. The van der Waals surface area contributed by atoms with Crippen LogP contribution in [-0.2, 0) is 6.61 Å². The topological polar surface area (TPSA) is 55.7 Å². The summed E-state index contributed by atoms with van der Waals surface area (Å²) in [6.45, 7) is 0.366. The van der Waals surface area contributed by atoms with E-state index in [-0.39, 0.29) is 0 Å². The van der Waals surface area contributed by atoms with Crippen LogP contribution in [0.1, 0.15) is 11.1 Å². The molecule has 1 aromatic heterocycles. The number of rotatable bonds is 7. The highest BCUT2D eigenvalue weighted by atomic mass is 35.5. The maximum Gasteiger partial charge on any atom is 0.161 e. The molecule has 0 unspecified atom stereocenters. The highest BCUT2D eigenvalue weighted by molar-refractivity contribution is 6.31. The van der Waals surface area contributed by atoms with E-state index in [0.717, 1.165) is 11.1 Å². The van der Waals surface area contributed by atoms with Gasteiger partial charge in [-0.3, -0.25) is 5.43 Å². The highest BCUT2D eigenvalue weighted by Crippen LogP contribution is 2.29. The van der Waals surface area contributed by atoms with E-state index in [0.29, 0.717) is 28.9 Å². The molecule has 132 valence electrons. The molecule has 0 saturated heterocycles. The molecular formula is C20H18ClN3O2. The van der Waals surface area contributed by atoms with Gasteiger partial charge in [0.25, 0.3) is 0 Å². The van der Waals surface area contributed by atoms with Gasteiger partial charge < -0.3 is 9.47 Å². The van der Waals surface area contributed by atoms with Crippen molar-refractivity contribution in [2.45, 2.75) is 6.61 Å². The predicted molar refractivity (Wildman–Crippen MR) is 104 cm³/mol. The van der Waals surface area contributed by atoms with Gasteiger partial charge >= 0.3 is 0 Å². The molecule has 0 spiro atoms. The van der Waals surface area contributed by atoms with Gasteiger partial charge in [0.2, 0.25) is 0 Å². The Morgan fingerprint density at radius 2 is 1.92 bits per heavy atom. The van der Waals surface area contributed by atoms with Crippen LogP contribution < -0.4 is 14.9 Å². The molecule has 3 rings (SSSR count). The second-order valence-electron chi connectivity index (χ2n) is 5.38. The number of pyridine rings is 1. The molecule has 6 heteroatoms. The molecule has 2 aromatic carbocycles. The average Bonchev–Trinajstić information content (AvgIpc) is 2.68. The monoisotopic (exact) mass is 367 g/mol. The third-order valence-corrected chi connectivity index (χ3v) is 3.96. The molecule has 0 amide bonds. The number of nitrogens with one attached hydrogen (secondary N) is 1. The first-order valence-corrected chi connectivity index (χ1v) is 8.38. The van der Waals surface area contributed by atoms with E-state index in [1.54, 1.807) is 19.5 Å². The van der Waals surface area contributed by atoms with Crippen molar-refractivity contribution < 1.29 is 9.47 Å². The lowest BCUT2D eigenvalue weighted by atomic mass is 10.2. The lowest BCUT2D eigenvalue weighted by molar-refractivity contribution is 0.284. The Hall–Kier alpha value is -3.05. The summed E-state index contributed by atoms with van der Waals surface area (Å²) in [5.74, 6) is 1.94. The van der Waals surface area contributed by atoms with Gasteiger partial charge in [-0.25, -0.2) is 4.98 Å². The van der Waals surface area contributed by atoms with Crippen molar-refractivity contribution in [3.8, 4) is 11.5 Å². The predicted octanol–water partition coefficient (Wildman–Crippen LogP) is 4.77. The minimum absolute atomic E-state index is 0.366. The third-order valence-electron chi connectivity index (χ3n) is 3.59. The van der Waals surface area contributed by atoms with Gasteiger partial charge in [-0.2, -0.15) is 5.10 Å². The summed E-state index contributed by atoms with van der Waals surface area (Å²) in [5.41, 5.74) is 4.66. The normalized spacial score (nSPS) is 10.7. The molecule has 0 atom stereocenters. The van der Waals surface area contributed by atoms with Crippen LogP contribution in [-0.4, -0.2) is 18.3 Å². The van der Waals surface area contributed by atoms with Gasteiger partial charge in [0.15, 0.2) is 11.5 Å². The second kappa shape index (κ2) is 8.87. The number of nitrogens with zero attached hydrogens (tertiary/aromatic N) is 2. The molecule has 1 heterocycles. The van der Waals surface area contributed by atoms with E-state index < -0.39 is 0 Å². The number of ether oxygens (including phenoxy) is 2. The first-order chi connectivity index (χ1) is 12.8. The number of hydrogen-bond donors (Lipinski definition) is 1. The van der Waals surface area contributed by atoms with Crippen molar-refractivity contribution in [3.63, 3.8) is 0 Å². The van der Waals surface area contributed by atoms with Gasteiger partial charge in [-0.05, 0) is 42.0 Å². The lowest BCUT2D eigenvalue weighted by Crippen LogP contribution is -1.99. The Morgan fingerprint density at radius 3 is 2.69 bits per heavy atom. The molecule has 1 N–H and O–H groups in total. The van der Waals surface area contributed by atoms with Crippen LogP contribution in [0.5, 0.6) is 11.5 Å². The van der Waals surface area contributed by atoms with Crippen molar-refractivity contribution in [2.24, 2.45) is 5.10 Å². The molecular weight excluding hydrogens is 350 g/mol. The van der Waals surface area contributed by atoms with Crippen LogP contribution in [0.25, 0.3) is 0 Å². The fourth-order valence-electron chi connectivity index (χ4n) is 2.26. The zero-order valence-corrected chi connectivity index (χ0v) is 15.0. The number of benzene rings is 2. The van der Waals surface area contributed by atoms with Gasteiger partial charge in [-0.15, -0.1) is 0 Å². The summed E-state index contributed by atoms with van der Waals surface area (Å²) in [5, 5.41) is 4.85. The zero-order chi connectivity index (χ0) is 18.2. The zero-order valence-electron chi connectivity index (χ0n) is 14.2. The quantitative estimate of drug-likeness (QED) is 0.483. The molecule has 0 aliphatic rings. The summed E-state index contributed by atoms with van der Waals surface area (Å²) >= 11 is 6.16. The van der Waals surface area contributed by atoms with E-state index in [1.165, 1.54) is 0 Å². The van der Waals surface area contributed by atoms with Crippen molar-refractivity contribution in [1.82, 2.24) is 4.98 Å². The van der Waals surface area contributed by atoms with Crippen LogP contribution >= 0.6 is 11.6 Å². The minimum Gasteiger partial charge on any atom is -0.493 e. The van der Waals surface area contributed by atoms with E-state index in [9.17, 15) is 0 Å².